The second-order valence-corrected chi connectivity index (χ2v) is 7.89. The van der Waals surface area contributed by atoms with Crippen molar-refractivity contribution in [2.75, 3.05) is 0 Å². The highest BCUT2D eigenvalue weighted by Gasteiger charge is 2.22. The van der Waals surface area contributed by atoms with Gasteiger partial charge in [-0.1, -0.05) is 88.9 Å². The van der Waals surface area contributed by atoms with Gasteiger partial charge in [0.25, 0.3) is 0 Å². The molecule has 0 saturated heterocycles. The molecule has 30 heavy (non-hydrogen) atoms. The van der Waals surface area contributed by atoms with E-state index in [-0.39, 0.29) is 5.92 Å². The summed E-state index contributed by atoms with van der Waals surface area (Å²) in [5.74, 6) is 1.49. The summed E-state index contributed by atoms with van der Waals surface area (Å²) >= 11 is 0. The average Bonchev–Trinajstić information content (AvgIpc) is 2.75. The molecule has 0 fully saturated rings. The SMILES string of the molecule is C=C(Oc1cc(C(C)C)cc(C(C)C)c1OC(=O)c1ccccc1)c1ccccc1. The molecular formula is C27H28O3. The van der Waals surface area contributed by atoms with Crippen LogP contribution < -0.4 is 9.47 Å². The molecule has 0 atom stereocenters. The third kappa shape index (κ3) is 4.98. The fraction of sp³-hybridized carbons (Fsp3) is 0.222. The summed E-state index contributed by atoms with van der Waals surface area (Å²) in [7, 11) is 0. The lowest BCUT2D eigenvalue weighted by atomic mass is 9.94. The van der Waals surface area contributed by atoms with Crippen molar-refractivity contribution in [1.82, 2.24) is 0 Å². The Hall–Kier alpha value is -3.33. The van der Waals surface area contributed by atoms with Gasteiger partial charge in [-0.3, -0.25) is 0 Å². The lowest BCUT2D eigenvalue weighted by Crippen LogP contribution is -2.12. The van der Waals surface area contributed by atoms with Crippen molar-refractivity contribution in [3.8, 4) is 11.5 Å². The molecule has 3 aromatic carbocycles. The first-order chi connectivity index (χ1) is 14.4. The van der Waals surface area contributed by atoms with Gasteiger partial charge in [-0.25, -0.2) is 4.79 Å². The number of hydrogen-bond acceptors (Lipinski definition) is 3. The smallest absolute Gasteiger partial charge is 0.343 e. The molecule has 0 aliphatic rings. The Morgan fingerprint density at radius 3 is 1.87 bits per heavy atom. The van der Waals surface area contributed by atoms with Crippen LogP contribution in [0, 0.1) is 0 Å². The molecule has 0 unspecified atom stereocenters. The Bertz CT molecular complexity index is 1020. The van der Waals surface area contributed by atoms with Crippen LogP contribution in [0.2, 0.25) is 0 Å². The standard InChI is InChI=1S/C27H28O3/c1-18(2)23-16-24(19(3)4)26(30-27(28)22-14-10-7-11-15-22)25(17-23)29-20(5)21-12-8-6-9-13-21/h6-19H,5H2,1-4H3. The molecule has 3 aromatic rings. The number of rotatable bonds is 7. The molecule has 0 radical (unpaired) electrons. The quantitative estimate of drug-likeness (QED) is 0.239. The maximum Gasteiger partial charge on any atom is 0.343 e. The number of esters is 1. The van der Waals surface area contributed by atoms with Crippen LogP contribution in [0.4, 0.5) is 0 Å². The van der Waals surface area contributed by atoms with Crippen LogP contribution in [-0.2, 0) is 0 Å². The van der Waals surface area contributed by atoms with Gasteiger partial charge in [-0.15, -0.1) is 0 Å². The second kappa shape index (κ2) is 9.45. The summed E-state index contributed by atoms with van der Waals surface area (Å²) in [6.45, 7) is 12.5. The molecule has 0 bridgehead atoms. The molecule has 0 spiro atoms. The third-order valence-electron chi connectivity index (χ3n) is 4.93. The van der Waals surface area contributed by atoms with E-state index in [2.05, 4.69) is 40.3 Å². The van der Waals surface area contributed by atoms with Gasteiger partial charge in [-0.05, 0) is 35.6 Å². The van der Waals surface area contributed by atoms with E-state index in [1.54, 1.807) is 12.1 Å². The molecule has 0 aromatic heterocycles. The van der Waals surface area contributed by atoms with Crippen molar-refractivity contribution in [3.05, 3.63) is 102 Å². The minimum Gasteiger partial charge on any atom is -0.453 e. The van der Waals surface area contributed by atoms with Gasteiger partial charge in [0.2, 0.25) is 0 Å². The van der Waals surface area contributed by atoms with Crippen LogP contribution in [0.15, 0.2) is 79.4 Å². The Morgan fingerprint density at radius 2 is 1.33 bits per heavy atom. The summed E-state index contributed by atoms with van der Waals surface area (Å²) < 4.78 is 12.1. The first-order valence-electron chi connectivity index (χ1n) is 10.2. The van der Waals surface area contributed by atoms with E-state index in [9.17, 15) is 4.79 Å². The molecular weight excluding hydrogens is 372 g/mol. The highest BCUT2D eigenvalue weighted by molar-refractivity contribution is 5.91. The van der Waals surface area contributed by atoms with Crippen molar-refractivity contribution in [3.63, 3.8) is 0 Å². The second-order valence-electron chi connectivity index (χ2n) is 7.89. The molecule has 3 heteroatoms. The zero-order valence-corrected chi connectivity index (χ0v) is 18.0. The maximum absolute atomic E-state index is 12.8. The van der Waals surface area contributed by atoms with Gasteiger partial charge >= 0.3 is 5.97 Å². The highest BCUT2D eigenvalue weighted by Crippen LogP contribution is 2.41. The largest absolute Gasteiger partial charge is 0.453 e. The van der Waals surface area contributed by atoms with Gasteiger partial charge in [0.1, 0.15) is 5.76 Å². The predicted molar refractivity (Wildman–Crippen MR) is 122 cm³/mol. The lowest BCUT2D eigenvalue weighted by Gasteiger charge is -2.21. The van der Waals surface area contributed by atoms with Crippen molar-refractivity contribution in [2.45, 2.75) is 39.5 Å². The topological polar surface area (TPSA) is 35.5 Å². The normalized spacial score (nSPS) is 10.9. The predicted octanol–water partition coefficient (Wildman–Crippen LogP) is 7.20. The maximum atomic E-state index is 12.8. The summed E-state index contributed by atoms with van der Waals surface area (Å²) in [6, 6.07) is 22.7. The van der Waals surface area contributed by atoms with Crippen LogP contribution in [0.1, 0.15) is 66.6 Å². The van der Waals surface area contributed by atoms with E-state index < -0.39 is 5.97 Å². The minimum atomic E-state index is -0.412. The number of carbonyl (C=O) groups excluding carboxylic acids is 1. The van der Waals surface area contributed by atoms with Crippen molar-refractivity contribution in [2.24, 2.45) is 0 Å². The van der Waals surface area contributed by atoms with Gasteiger partial charge in [0, 0.05) is 11.1 Å². The van der Waals surface area contributed by atoms with Crippen LogP contribution in [0.25, 0.3) is 5.76 Å². The van der Waals surface area contributed by atoms with E-state index in [1.807, 2.05) is 54.6 Å². The minimum absolute atomic E-state index is 0.148. The van der Waals surface area contributed by atoms with E-state index in [4.69, 9.17) is 9.47 Å². The summed E-state index contributed by atoms with van der Waals surface area (Å²) in [5, 5.41) is 0. The molecule has 154 valence electrons. The third-order valence-corrected chi connectivity index (χ3v) is 4.93. The molecule has 0 saturated carbocycles. The number of hydrogen-bond donors (Lipinski definition) is 0. The van der Waals surface area contributed by atoms with Crippen LogP contribution in [0.3, 0.4) is 0 Å². The molecule has 0 heterocycles. The van der Waals surface area contributed by atoms with Gasteiger partial charge in [-0.2, -0.15) is 0 Å². The van der Waals surface area contributed by atoms with Gasteiger partial charge in [0.15, 0.2) is 11.5 Å². The van der Waals surface area contributed by atoms with Crippen LogP contribution in [-0.4, -0.2) is 5.97 Å². The highest BCUT2D eigenvalue weighted by atomic mass is 16.6. The van der Waals surface area contributed by atoms with Gasteiger partial charge in [0.05, 0.1) is 5.56 Å². The van der Waals surface area contributed by atoms with E-state index in [0.717, 1.165) is 16.7 Å². The monoisotopic (exact) mass is 400 g/mol. The number of carbonyl (C=O) groups is 1. The van der Waals surface area contributed by atoms with E-state index in [1.165, 1.54) is 0 Å². The fourth-order valence-electron chi connectivity index (χ4n) is 3.13. The summed E-state index contributed by atoms with van der Waals surface area (Å²) in [6.07, 6.45) is 0. The summed E-state index contributed by atoms with van der Waals surface area (Å²) in [5.41, 5.74) is 3.42. The summed E-state index contributed by atoms with van der Waals surface area (Å²) in [4.78, 5) is 12.8. The first kappa shape index (κ1) is 21.4. The molecule has 0 aliphatic carbocycles. The Labute approximate surface area is 179 Å². The van der Waals surface area contributed by atoms with Gasteiger partial charge < -0.3 is 9.47 Å². The van der Waals surface area contributed by atoms with Crippen molar-refractivity contribution in [1.29, 1.82) is 0 Å². The van der Waals surface area contributed by atoms with Crippen LogP contribution in [0.5, 0.6) is 11.5 Å². The molecule has 0 aliphatic heterocycles. The van der Waals surface area contributed by atoms with Crippen LogP contribution >= 0.6 is 0 Å². The van der Waals surface area contributed by atoms with Crippen molar-refractivity contribution < 1.29 is 14.3 Å². The zero-order valence-electron chi connectivity index (χ0n) is 18.0. The Morgan fingerprint density at radius 1 is 0.767 bits per heavy atom. The van der Waals surface area contributed by atoms with E-state index >= 15 is 0 Å². The fourth-order valence-corrected chi connectivity index (χ4v) is 3.13. The molecule has 3 rings (SSSR count). The Balaban J connectivity index is 2.05. The van der Waals surface area contributed by atoms with E-state index in [0.29, 0.717) is 28.7 Å². The number of benzene rings is 3. The first-order valence-corrected chi connectivity index (χ1v) is 10.2. The number of ether oxygens (including phenoxy) is 2. The average molecular weight is 401 g/mol. The zero-order chi connectivity index (χ0) is 21.7. The van der Waals surface area contributed by atoms with Crippen molar-refractivity contribution >= 4 is 11.7 Å². The molecule has 3 nitrogen and oxygen atoms in total. The molecule has 0 N–H and O–H groups in total. The Kier molecular flexibility index (Phi) is 6.73. The lowest BCUT2D eigenvalue weighted by molar-refractivity contribution is 0.0729. The molecule has 0 amide bonds.